The largest absolute Gasteiger partial charge is 0.496 e. The third kappa shape index (κ3) is 3.25. The average molecular weight is 293 g/mol. The van der Waals surface area contributed by atoms with Crippen LogP contribution in [-0.2, 0) is 6.54 Å². The first-order chi connectivity index (χ1) is 10.1. The van der Waals surface area contributed by atoms with Crippen molar-refractivity contribution in [1.82, 2.24) is 10.1 Å². The van der Waals surface area contributed by atoms with E-state index in [9.17, 15) is 0 Å². The van der Waals surface area contributed by atoms with Crippen LogP contribution in [0.3, 0.4) is 0 Å². The van der Waals surface area contributed by atoms with E-state index in [1.165, 1.54) is 0 Å². The summed E-state index contributed by atoms with van der Waals surface area (Å²) in [6, 6.07) is 3.49. The summed E-state index contributed by atoms with van der Waals surface area (Å²) in [7, 11) is 3.13. The smallest absolute Gasteiger partial charge is 0.240 e. The Morgan fingerprint density at radius 2 is 1.86 bits per heavy atom. The van der Waals surface area contributed by atoms with Gasteiger partial charge in [0.25, 0.3) is 0 Å². The van der Waals surface area contributed by atoms with Crippen LogP contribution in [0.5, 0.6) is 17.2 Å². The van der Waals surface area contributed by atoms with Crippen LogP contribution in [-0.4, -0.2) is 30.5 Å². The molecule has 7 nitrogen and oxygen atoms in total. The number of methoxy groups -OCH3 is 2. The van der Waals surface area contributed by atoms with Crippen LogP contribution >= 0.6 is 0 Å². The highest BCUT2D eigenvalue weighted by Gasteiger charge is 2.18. The fourth-order valence-corrected chi connectivity index (χ4v) is 1.84. The Morgan fingerprint density at radius 3 is 2.38 bits per heavy atom. The fourth-order valence-electron chi connectivity index (χ4n) is 1.84. The molecule has 0 saturated carbocycles. The van der Waals surface area contributed by atoms with Crippen LogP contribution in [0.1, 0.15) is 19.7 Å². The number of nitrogens with zero attached hydrogens (tertiary/aromatic N) is 2. The second-order valence-corrected chi connectivity index (χ2v) is 4.59. The lowest BCUT2D eigenvalue weighted by Gasteiger charge is -2.16. The fraction of sp³-hybridized carbons (Fsp3) is 0.429. The minimum atomic E-state index is 0.0171. The summed E-state index contributed by atoms with van der Waals surface area (Å²) in [4.78, 5) is 4.19. The summed E-state index contributed by atoms with van der Waals surface area (Å²) in [6.45, 7) is 4.06. The molecule has 1 aromatic heterocycles. The van der Waals surface area contributed by atoms with E-state index in [1.807, 2.05) is 13.8 Å². The number of aromatic nitrogens is 2. The lowest BCUT2D eigenvalue weighted by atomic mass is 10.1. The van der Waals surface area contributed by atoms with Crippen molar-refractivity contribution in [3.8, 4) is 28.6 Å². The molecule has 0 spiro atoms. The van der Waals surface area contributed by atoms with Gasteiger partial charge in [-0.05, 0) is 19.9 Å². The van der Waals surface area contributed by atoms with Crippen molar-refractivity contribution in [2.45, 2.75) is 26.5 Å². The predicted molar refractivity (Wildman–Crippen MR) is 76.5 cm³/mol. The molecule has 0 saturated heterocycles. The molecule has 0 atom stereocenters. The molecule has 7 heteroatoms. The van der Waals surface area contributed by atoms with Crippen molar-refractivity contribution in [1.29, 1.82) is 0 Å². The monoisotopic (exact) mass is 293 g/mol. The Kier molecular flexibility index (Phi) is 4.64. The maximum atomic E-state index is 5.71. The Morgan fingerprint density at radius 1 is 1.14 bits per heavy atom. The molecular formula is C14H19N3O4. The van der Waals surface area contributed by atoms with E-state index in [-0.39, 0.29) is 12.6 Å². The highest BCUT2D eigenvalue weighted by molar-refractivity contribution is 5.69. The molecule has 0 unspecified atom stereocenters. The van der Waals surface area contributed by atoms with E-state index in [2.05, 4.69) is 10.1 Å². The van der Waals surface area contributed by atoms with Crippen molar-refractivity contribution < 1.29 is 18.7 Å². The quantitative estimate of drug-likeness (QED) is 0.870. The lowest BCUT2D eigenvalue weighted by molar-refractivity contribution is 0.229. The third-order valence-electron chi connectivity index (χ3n) is 2.73. The predicted octanol–water partition coefficient (Wildman–Crippen LogP) is 2.00. The van der Waals surface area contributed by atoms with Crippen LogP contribution in [0, 0.1) is 0 Å². The zero-order chi connectivity index (χ0) is 15.4. The molecule has 0 aliphatic carbocycles. The molecule has 1 heterocycles. The number of nitrogens with two attached hydrogens (primary N) is 1. The Hall–Kier alpha value is -2.28. The molecule has 2 aromatic rings. The van der Waals surface area contributed by atoms with Crippen LogP contribution in [0.25, 0.3) is 11.4 Å². The van der Waals surface area contributed by atoms with Gasteiger partial charge in [0.2, 0.25) is 11.7 Å². The molecule has 0 aliphatic rings. The van der Waals surface area contributed by atoms with Crippen LogP contribution < -0.4 is 19.9 Å². The van der Waals surface area contributed by atoms with Gasteiger partial charge in [-0.2, -0.15) is 4.98 Å². The van der Waals surface area contributed by atoms with Crippen molar-refractivity contribution in [3.05, 3.63) is 18.0 Å². The molecule has 0 amide bonds. The SMILES string of the molecule is COc1cc(-c2noc(CN)n2)c(OC)cc1OC(C)C. The van der Waals surface area contributed by atoms with Gasteiger partial charge in [-0.1, -0.05) is 5.16 Å². The molecule has 0 radical (unpaired) electrons. The van der Waals surface area contributed by atoms with Gasteiger partial charge in [-0.25, -0.2) is 0 Å². The Labute approximate surface area is 123 Å². The molecule has 2 rings (SSSR count). The topological polar surface area (TPSA) is 92.6 Å². The summed E-state index contributed by atoms with van der Waals surface area (Å²) >= 11 is 0. The zero-order valence-electron chi connectivity index (χ0n) is 12.5. The van der Waals surface area contributed by atoms with Gasteiger partial charge in [0.1, 0.15) is 5.75 Å². The molecule has 21 heavy (non-hydrogen) atoms. The molecule has 114 valence electrons. The molecule has 2 N–H and O–H groups in total. The first-order valence-electron chi connectivity index (χ1n) is 6.54. The highest BCUT2D eigenvalue weighted by atomic mass is 16.5. The molecule has 0 fully saturated rings. The Bertz CT molecular complexity index is 610. The minimum Gasteiger partial charge on any atom is -0.496 e. The van der Waals surface area contributed by atoms with Crippen molar-refractivity contribution in [3.63, 3.8) is 0 Å². The zero-order valence-corrected chi connectivity index (χ0v) is 12.5. The van der Waals surface area contributed by atoms with Crippen molar-refractivity contribution in [2.75, 3.05) is 14.2 Å². The molecule has 0 bridgehead atoms. The number of hydrogen-bond acceptors (Lipinski definition) is 7. The van der Waals surface area contributed by atoms with Gasteiger partial charge in [0.15, 0.2) is 11.5 Å². The summed E-state index contributed by atoms with van der Waals surface area (Å²) in [6.07, 6.45) is 0.0171. The van der Waals surface area contributed by atoms with Gasteiger partial charge in [0.05, 0.1) is 32.4 Å². The van der Waals surface area contributed by atoms with Gasteiger partial charge in [0, 0.05) is 6.07 Å². The summed E-state index contributed by atoms with van der Waals surface area (Å²) in [5.41, 5.74) is 6.12. The van der Waals surface area contributed by atoms with E-state index in [0.29, 0.717) is 34.5 Å². The number of rotatable bonds is 6. The first kappa shape index (κ1) is 15.1. The molecule has 0 aliphatic heterocycles. The summed E-state index contributed by atoms with van der Waals surface area (Å²) < 4.78 is 21.5. The first-order valence-corrected chi connectivity index (χ1v) is 6.54. The maximum Gasteiger partial charge on any atom is 0.240 e. The number of ether oxygens (including phenoxy) is 3. The van der Waals surface area contributed by atoms with Gasteiger partial charge in [-0.3, -0.25) is 0 Å². The van der Waals surface area contributed by atoms with Gasteiger partial charge in [-0.15, -0.1) is 0 Å². The van der Waals surface area contributed by atoms with Crippen LogP contribution in [0.2, 0.25) is 0 Å². The number of benzene rings is 1. The normalized spacial score (nSPS) is 10.8. The summed E-state index contributed by atoms with van der Waals surface area (Å²) in [5.74, 6) is 2.47. The summed E-state index contributed by atoms with van der Waals surface area (Å²) in [5, 5.41) is 3.89. The number of hydrogen-bond donors (Lipinski definition) is 1. The van der Waals surface area contributed by atoms with E-state index < -0.39 is 0 Å². The molecular weight excluding hydrogens is 274 g/mol. The molecule has 1 aromatic carbocycles. The van der Waals surface area contributed by atoms with E-state index >= 15 is 0 Å². The standard InChI is InChI=1S/C14H19N3O4/c1-8(2)20-12-6-10(18-3)9(5-11(12)19-4)14-16-13(7-15)21-17-14/h5-6,8H,7,15H2,1-4H3. The Balaban J connectivity index is 2.50. The highest BCUT2D eigenvalue weighted by Crippen LogP contribution is 2.39. The van der Waals surface area contributed by atoms with Crippen LogP contribution in [0.15, 0.2) is 16.7 Å². The van der Waals surface area contributed by atoms with Crippen molar-refractivity contribution >= 4 is 0 Å². The van der Waals surface area contributed by atoms with Crippen molar-refractivity contribution in [2.24, 2.45) is 5.73 Å². The van der Waals surface area contributed by atoms with E-state index in [0.717, 1.165) is 0 Å². The average Bonchev–Trinajstić information content (AvgIpc) is 2.95. The minimum absolute atomic E-state index is 0.0171. The van der Waals surface area contributed by atoms with E-state index in [1.54, 1.807) is 26.4 Å². The maximum absolute atomic E-state index is 5.71. The van der Waals surface area contributed by atoms with Gasteiger partial charge >= 0.3 is 0 Å². The second kappa shape index (κ2) is 6.45. The lowest BCUT2D eigenvalue weighted by Crippen LogP contribution is -2.07. The second-order valence-electron chi connectivity index (χ2n) is 4.59. The van der Waals surface area contributed by atoms with E-state index in [4.69, 9.17) is 24.5 Å². The van der Waals surface area contributed by atoms with Gasteiger partial charge < -0.3 is 24.5 Å². The van der Waals surface area contributed by atoms with Crippen LogP contribution in [0.4, 0.5) is 0 Å². The third-order valence-corrected chi connectivity index (χ3v) is 2.73.